The van der Waals surface area contributed by atoms with Crippen LogP contribution in [-0.2, 0) is 5.41 Å². The standard InChI is InChI=1S/C10H13BrFN/c1-10(2,3)6-4-7(11)9(13)8(12)5-6/h4-5H,13H2,1-3H3. The van der Waals surface area contributed by atoms with E-state index < -0.39 is 0 Å². The van der Waals surface area contributed by atoms with Crippen LogP contribution in [-0.4, -0.2) is 0 Å². The first-order valence-electron chi connectivity index (χ1n) is 4.07. The van der Waals surface area contributed by atoms with E-state index in [1.807, 2.05) is 26.8 Å². The van der Waals surface area contributed by atoms with Crippen LogP contribution >= 0.6 is 15.9 Å². The molecule has 0 radical (unpaired) electrons. The number of benzene rings is 1. The molecule has 1 rings (SSSR count). The minimum Gasteiger partial charge on any atom is -0.395 e. The Balaban J connectivity index is 3.29. The normalized spacial score (nSPS) is 11.8. The molecule has 0 unspecified atom stereocenters. The molecule has 1 aromatic rings. The van der Waals surface area contributed by atoms with Gasteiger partial charge in [0.1, 0.15) is 5.82 Å². The smallest absolute Gasteiger partial charge is 0.147 e. The van der Waals surface area contributed by atoms with Gasteiger partial charge in [-0.25, -0.2) is 4.39 Å². The topological polar surface area (TPSA) is 26.0 Å². The lowest BCUT2D eigenvalue weighted by Crippen LogP contribution is -2.12. The molecule has 0 fully saturated rings. The van der Waals surface area contributed by atoms with Crippen LogP contribution in [0.25, 0.3) is 0 Å². The molecule has 0 aromatic heterocycles. The Labute approximate surface area is 86.3 Å². The fourth-order valence-corrected chi connectivity index (χ4v) is 1.45. The lowest BCUT2D eigenvalue weighted by molar-refractivity contribution is 0.573. The zero-order valence-electron chi connectivity index (χ0n) is 7.99. The van der Waals surface area contributed by atoms with Crippen LogP contribution < -0.4 is 5.73 Å². The molecule has 0 spiro atoms. The SMILES string of the molecule is CC(C)(C)c1cc(F)c(N)c(Br)c1. The van der Waals surface area contributed by atoms with Gasteiger partial charge < -0.3 is 5.73 Å². The van der Waals surface area contributed by atoms with Gasteiger partial charge in [-0.15, -0.1) is 0 Å². The van der Waals surface area contributed by atoms with Gasteiger partial charge in [-0.1, -0.05) is 20.8 Å². The molecular formula is C10H13BrFN. The van der Waals surface area contributed by atoms with Crippen LogP contribution in [0, 0.1) is 5.82 Å². The van der Waals surface area contributed by atoms with Gasteiger partial charge in [-0.3, -0.25) is 0 Å². The van der Waals surface area contributed by atoms with E-state index in [-0.39, 0.29) is 16.9 Å². The molecule has 13 heavy (non-hydrogen) atoms. The van der Waals surface area contributed by atoms with Crippen LogP contribution in [0.1, 0.15) is 26.3 Å². The number of rotatable bonds is 0. The molecular weight excluding hydrogens is 233 g/mol. The quantitative estimate of drug-likeness (QED) is 0.697. The summed E-state index contributed by atoms with van der Waals surface area (Å²) in [5.74, 6) is -0.362. The summed E-state index contributed by atoms with van der Waals surface area (Å²) in [5, 5.41) is 0. The van der Waals surface area contributed by atoms with Crippen molar-refractivity contribution in [2.45, 2.75) is 26.2 Å². The van der Waals surface area contributed by atoms with Crippen molar-refractivity contribution in [3.63, 3.8) is 0 Å². The molecule has 0 aliphatic heterocycles. The maximum Gasteiger partial charge on any atom is 0.147 e. The maximum atomic E-state index is 13.2. The molecule has 1 nitrogen and oxygen atoms in total. The summed E-state index contributed by atoms with van der Waals surface area (Å²) in [6, 6.07) is 3.35. The van der Waals surface area contributed by atoms with Crippen molar-refractivity contribution in [3.8, 4) is 0 Å². The van der Waals surface area contributed by atoms with Crippen molar-refractivity contribution in [1.29, 1.82) is 0 Å². The molecule has 0 heterocycles. The van der Waals surface area contributed by atoms with Gasteiger partial charge in [0.05, 0.1) is 5.69 Å². The van der Waals surface area contributed by atoms with Crippen LogP contribution in [0.15, 0.2) is 16.6 Å². The number of hydrogen-bond donors (Lipinski definition) is 1. The molecule has 0 aliphatic rings. The van der Waals surface area contributed by atoms with E-state index in [2.05, 4.69) is 15.9 Å². The molecule has 72 valence electrons. The zero-order chi connectivity index (χ0) is 10.2. The fraction of sp³-hybridized carbons (Fsp3) is 0.400. The van der Waals surface area contributed by atoms with Gasteiger partial charge in [-0.2, -0.15) is 0 Å². The second-order valence-corrected chi connectivity index (χ2v) is 4.96. The third kappa shape index (κ3) is 2.21. The van der Waals surface area contributed by atoms with Crippen LogP contribution in [0.5, 0.6) is 0 Å². The van der Waals surface area contributed by atoms with Gasteiger partial charge in [0.15, 0.2) is 0 Å². The maximum absolute atomic E-state index is 13.2. The van der Waals surface area contributed by atoms with E-state index in [0.29, 0.717) is 4.47 Å². The van der Waals surface area contributed by atoms with E-state index in [9.17, 15) is 4.39 Å². The lowest BCUT2D eigenvalue weighted by atomic mass is 9.87. The van der Waals surface area contributed by atoms with E-state index >= 15 is 0 Å². The highest BCUT2D eigenvalue weighted by Gasteiger charge is 2.16. The monoisotopic (exact) mass is 245 g/mol. The Bertz CT molecular complexity index is 305. The fourth-order valence-electron chi connectivity index (χ4n) is 1.02. The van der Waals surface area contributed by atoms with Crippen molar-refractivity contribution < 1.29 is 4.39 Å². The minimum atomic E-state index is -0.362. The molecule has 3 heteroatoms. The minimum absolute atomic E-state index is 0.0585. The highest BCUT2D eigenvalue weighted by Crippen LogP contribution is 2.30. The van der Waals surface area contributed by atoms with E-state index in [4.69, 9.17) is 5.73 Å². The predicted octanol–water partition coefficient (Wildman–Crippen LogP) is 3.47. The highest BCUT2D eigenvalue weighted by atomic mass is 79.9. The Morgan fingerprint density at radius 1 is 1.31 bits per heavy atom. The average molecular weight is 246 g/mol. The summed E-state index contributed by atoms with van der Waals surface area (Å²) >= 11 is 3.22. The Morgan fingerprint density at radius 3 is 2.23 bits per heavy atom. The van der Waals surface area contributed by atoms with E-state index in [1.165, 1.54) is 6.07 Å². The van der Waals surface area contributed by atoms with E-state index in [0.717, 1.165) is 5.56 Å². The number of nitrogens with two attached hydrogens (primary N) is 1. The first-order valence-corrected chi connectivity index (χ1v) is 4.86. The summed E-state index contributed by atoms with van der Waals surface area (Å²) < 4.78 is 13.8. The second-order valence-electron chi connectivity index (χ2n) is 4.10. The number of nitrogen functional groups attached to an aromatic ring is 1. The van der Waals surface area contributed by atoms with Gasteiger partial charge in [0.25, 0.3) is 0 Å². The molecule has 0 amide bonds. The molecule has 2 N–H and O–H groups in total. The molecule has 0 bridgehead atoms. The van der Waals surface area contributed by atoms with Gasteiger partial charge in [-0.05, 0) is 39.0 Å². The largest absolute Gasteiger partial charge is 0.395 e. The predicted molar refractivity (Wildman–Crippen MR) is 57.2 cm³/mol. The third-order valence-corrected chi connectivity index (χ3v) is 2.60. The molecule has 0 atom stereocenters. The average Bonchev–Trinajstić information content (AvgIpc) is 1.97. The Morgan fingerprint density at radius 2 is 1.85 bits per heavy atom. The van der Waals surface area contributed by atoms with Crippen LogP contribution in [0.3, 0.4) is 0 Å². The van der Waals surface area contributed by atoms with Crippen molar-refractivity contribution in [1.82, 2.24) is 0 Å². The molecule has 0 saturated heterocycles. The summed E-state index contributed by atoms with van der Waals surface area (Å²) in [7, 11) is 0. The molecule has 0 saturated carbocycles. The first-order chi connectivity index (χ1) is 5.82. The van der Waals surface area contributed by atoms with E-state index in [1.54, 1.807) is 0 Å². The zero-order valence-corrected chi connectivity index (χ0v) is 9.57. The molecule has 1 aromatic carbocycles. The molecule has 0 aliphatic carbocycles. The number of hydrogen-bond acceptors (Lipinski definition) is 1. The summed E-state index contributed by atoms with van der Waals surface area (Å²) in [6.07, 6.45) is 0. The first kappa shape index (κ1) is 10.5. The van der Waals surface area contributed by atoms with Gasteiger partial charge >= 0.3 is 0 Å². The van der Waals surface area contributed by atoms with Crippen LogP contribution in [0.4, 0.5) is 10.1 Å². The van der Waals surface area contributed by atoms with Crippen LogP contribution in [0.2, 0.25) is 0 Å². The van der Waals surface area contributed by atoms with Gasteiger partial charge in [0.2, 0.25) is 0 Å². The van der Waals surface area contributed by atoms with Crippen molar-refractivity contribution >= 4 is 21.6 Å². The Kier molecular flexibility index (Phi) is 2.66. The van der Waals surface area contributed by atoms with Crippen molar-refractivity contribution in [3.05, 3.63) is 28.0 Å². The summed E-state index contributed by atoms with van der Waals surface area (Å²) in [5.41, 5.74) is 6.52. The number of anilines is 1. The summed E-state index contributed by atoms with van der Waals surface area (Å²) in [4.78, 5) is 0. The number of halogens is 2. The third-order valence-electron chi connectivity index (χ3n) is 1.95. The highest BCUT2D eigenvalue weighted by molar-refractivity contribution is 9.10. The Hall–Kier alpha value is -0.570. The van der Waals surface area contributed by atoms with Crippen molar-refractivity contribution in [2.75, 3.05) is 5.73 Å². The van der Waals surface area contributed by atoms with Crippen molar-refractivity contribution in [2.24, 2.45) is 0 Å². The lowest BCUT2D eigenvalue weighted by Gasteiger charge is -2.19. The second kappa shape index (κ2) is 3.29. The summed E-state index contributed by atoms with van der Waals surface area (Å²) in [6.45, 7) is 6.10. The van der Waals surface area contributed by atoms with Gasteiger partial charge in [0, 0.05) is 4.47 Å².